The fourth-order valence-corrected chi connectivity index (χ4v) is 4.11. The molecule has 4 nitrogen and oxygen atoms in total. The summed E-state index contributed by atoms with van der Waals surface area (Å²) in [5.41, 5.74) is 4.60. The molecule has 0 spiro atoms. The summed E-state index contributed by atoms with van der Waals surface area (Å²) in [7, 11) is 1.65. The molecule has 0 aliphatic rings. The standard InChI is InChI=1S/C24H28N2O2S/c1-4-20-16-29-24(25-20)22(15-19-10-8-17(2)9-11-19)26-23(27)13-12-18-6-5-7-21(14-18)28-3/h5-11,14,16,22H,4,12-13,15H2,1-3H3,(H,26,27)/t22-/m0/s1. The maximum Gasteiger partial charge on any atom is 0.220 e. The Morgan fingerprint density at radius 1 is 1.17 bits per heavy atom. The zero-order valence-electron chi connectivity index (χ0n) is 17.3. The lowest BCUT2D eigenvalue weighted by molar-refractivity contribution is -0.121. The van der Waals surface area contributed by atoms with Crippen molar-refractivity contribution >= 4 is 17.2 Å². The van der Waals surface area contributed by atoms with E-state index < -0.39 is 0 Å². The number of thiazole rings is 1. The first-order chi connectivity index (χ1) is 14.1. The van der Waals surface area contributed by atoms with Crippen LogP contribution in [-0.2, 0) is 24.1 Å². The van der Waals surface area contributed by atoms with Crippen molar-refractivity contribution in [2.24, 2.45) is 0 Å². The molecule has 0 aliphatic carbocycles. The summed E-state index contributed by atoms with van der Waals surface area (Å²) in [5, 5.41) is 6.26. The Kier molecular flexibility index (Phi) is 7.42. The van der Waals surface area contributed by atoms with Gasteiger partial charge in [0.15, 0.2) is 0 Å². The van der Waals surface area contributed by atoms with Gasteiger partial charge in [-0.05, 0) is 49.4 Å². The van der Waals surface area contributed by atoms with Crippen LogP contribution in [0.3, 0.4) is 0 Å². The lowest BCUT2D eigenvalue weighted by Crippen LogP contribution is -2.30. The number of nitrogens with one attached hydrogen (secondary N) is 1. The fourth-order valence-electron chi connectivity index (χ4n) is 3.16. The van der Waals surface area contributed by atoms with Crippen LogP contribution in [0.4, 0.5) is 0 Å². The summed E-state index contributed by atoms with van der Waals surface area (Å²) in [6.07, 6.45) is 2.75. The Balaban J connectivity index is 1.67. The van der Waals surface area contributed by atoms with E-state index >= 15 is 0 Å². The van der Waals surface area contributed by atoms with Gasteiger partial charge in [-0.25, -0.2) is 4.98 Å². The zero-order valence-corrected chi connectivity index (χ0v) is 18.1. The topological polar surface area (TPSA) is 51.2 Å². The highest BCUT2D eigenvalue weighted by Crippen LogP contribution is 2.23. The molecule has 5 heteroatoms. The molecule has 1 heterocycles. The lowest BCUT2D eigenvalue weighted by Gasteiger charge is -2.17. The minimum absolute atomic E-state index is 0.0400. The van der Waals surface area contributed by atoms with E-state index in [1.165, 1.54) is 11.1 Å². The molecule has 0 fully saturated rings. The van der Waals surface area contributed by atoms with Crippen molar-refractivity contribution in [1.29, 1.82) is 0 Å². The quantitative estimate of drug-likeness (QED) is 0.539. The van der Waals surface area contributed by atoms with E-state index in [0.29, 0.717) is 12.8 Å². The molecule has 0 saturated carbocycles. The molecular formula is C24H28N2O2S. The van der Waals surface area contributed by atoms with Crippen LogP contribution >= 0.6 is 11.3 Å². The van der Waals surface area contributed by atoms with Crippen LogP contribution in [0, 0.1) is 6.92 Å². The molecular weight excluding hydrogens is 380 g/mol. The third kappa shape index (κ3) is 6.16. The van der Waals surface area contributed by atoms with Gasteiger partial charge in [0.2, 0.25) is 5.91 Å². The second-order valence-electron chi connectivity index (χ2n) is 7.19. The maximum absolute atomic E-state index is 12.7. The molecule has 152 valence electrons. The number of ether oxygens (including phenoxy) is 1. The van der Waals surface area contributed by atoms with Gasteiger partial charge in [0.1, 0.15) is 10.8 Å². The summed E-state index contributed by atoms with van der Waals surface area (Å²) in [6.45, 7) is 4.18. The van der Waals surface area contributed by atoms with Crippen LogP contribution in [0.1, 0.15) is 46.8 Å². The first-order valence-electron chi connectivity index (χ1n) is 9.99. The zero-order chi connectivity index (χ0) is 20.6. The maximum atomic E-state index is 12.7. The van der Waals surface area contributed by atoms with Crippen molar-refractivity contribution in [2.75, 3.05) is 7.11 Å². The number of aromatic nitrogens is 1. The second kappa shape index (κ2) is 10.2. The van der Waals surface area contributed by atoms with Gasteiger partial charge in [-0.15, -0.1) is 11.3 Å². The monoisotopic (exact) mass is 408 g/mol. The van der Waals surface area contributed by atoms with E-state index in [-0.39, 0.29) is 11.9 Å². The van der Waals surface area contributed by atoms with Gasteiger partial charge in [0.25, 0.3) is 0 Å². The molecule has 29 heavy (non-hydrogen) atoms. The number of rotatable bonds is 9. The van der Waals surface area contributed by atoms with Crippen molar-refractivity contribution < 1.29 is 9.53 Å². The van der Waals surface area contributed by atoms with Crippen molar-refractivity contribution in [3.63, 3.8) is 0 Å². The highest BCUT2D eigenvalue weighted by atomic mass is 32.1. The van der Waals surface area contributed by atoms with Gasteiger partial charge in [-0.1, -0.05) is 48.9 Å². The highest BCUT2D eigenvalue weighted by molar-refractivity contribution is 7.09. The van der Waals surface area contributed by atoms with Crippen molar-refractivity contribution in [3.05, 3.63) is 81.3 Å². The Bertz CT molecular complexity index is 934. The molecule has 0 aliphatic heterocycles. The number of carbonyl (C=O) groups excluding carboxylic acids is 1. The predicted molar refractivity (Wildman–Crippen MR) is 119 cm³/mol. The summed E-state index contributed by atoms with van der Waals surface area (Å²) in [5.74, 6) is 0.855. The van der Waals surface area contributed by atoms with Gasteiger partial charge in [0, 0.05) is 11.8 Å². The SMILES string of the molecule is CCc1csc([C@H](Cc2ccc(C)cc2)NC(=O)CCc2cccc(OC)c2)n1. The predicted octanol–water partition coefficient (Wildman–Crippen LogP) is 5.06. The van der Waals surface area contributed by atoms with Gasteiger partial charge in [-0.3, -0.25) is 4.79 Å². The molecule has 3 aromatic rings. The van der Waals surface area contributed by atoms with E-state index in [1.807, 2.05) is 24.3 Å². The Hall–Kier alpha value is -2.66. The molecule has 0 unspecified atom stereocenters. The summed E-state index contributed by atoms with van der Waals surface area (Å²) in [4.78, 5) is 17.4. The third-order valence-electron chi connectivity index (χ3n) is 4.90. The van der Waals surface area contributed by atoms with Gasteiger partial charge >= 0.3 is 0 Å². The summed E-state index contributed by atoms with van der Waals surface area (Å²) < 4.78 is 5.26. The number of benzene rings is 2. The number of amides is 1. The van der Waals surface area contributed by atoms with Crippen LogP contribution in [0.15, 0.2) is 53.9 Å². The van der Waals surface area contributed by atoms with Crippen LogP contribution in [0.25, 0.3) is 0 Å². The fraction of sp³-hybridized carbons (Fsp3) is 0.333. The van der Waals surface area contributed by atoms with Gasteiger partial charge in [0.05, 0.1) is 18.8 Å². The van der Waals surface area contributed by atoms with Crippen LogP contribution < -0.4 is 10.1 Å². The summed E-state index contributed by atoms with van der Waals surface area (Å²) >= 11 is 1.62. The molecule has 1 N–H and O–H groups in total. The van der Waals surface area contributed by atoms with Crippen molar-refractivity contribution in [1.82, 2.24) is 10.3 Å². The minimum atomic E-state index is -0.110. The Morgan fingerprint density at radius 3 is 2.66 bits per heavy atom. The van der Waals surface area contributed by atoms with E-state index in [1.54, 1.807) is 18.4 Å². The first-order valence-corrected chi connectivity index (χ1v) is 10.9. The van der Waals surface area contributed by atoms with Gasteiger partial charge < -0.3 is 10.1 Å². The largest absolute Gasteiger partial charge is 0.497 e. The van der Waals surface area contributed by atoms with E-state index in [2.05, 4.69) is 48.8 Å². The second-order valence-corrected chi connectivity index (χ2v) is 8.08. The molecule has 2 aromatic carbocycles. The van der Waals surface area contributed by atoms with E-state index in [0.717, 1.165) is 34.9 Å². The molecule has 0 radical (unpaired) electrons. The molecule has 1 aromatic heterocycles. The number of hydrogen-bond donors (Lipinski definition) is 1. The average Bonchev–Trinajstić information content (AvgIpc) is 3.23. The van der Waals surface area contributed by atoms with Crippen molar-refractivity contribution in [3.8, 4) is 5.75 Å². The third-order valence-corrected chi connectivity index (χ3v) is 5.91. The number of carbonyl (C=O) groups is 1. The van der Waals surface area contributed by atoms with Crippen LogP contribution in [0.2, 0.25) is 0 Å². The Labute approximate surface area is 177 Å². The Morgan fingerprint density at radius 2 is 1.97 bits per heavy atom. The minimum Gasteiger partial charge on any atom is -0.497 e. The lowest BCUT2D eigenvalue weighted by atomic mass is 10.0. The number of hydrogen-bond acceptors (Lipinski definition) is 4. The molecule has 1 amide bonds. The van der Waals surface area contributed by atoms with Gasteiger partial charge in [-0.2, -0.15) is 0 Å². The first kappa shape index (κ1) is 21.1. The molecule has 3 rings (SSSR count). The number of aryl methyl sites for hydroxylation is 3. The molecule has 0 saturated heterocycles. The van der Waals surface area contributed by atoms with E-state index in [4.69, 9.17) is 9.72 Å². The molecule has 0 bridgehead atoms. The number of methoxy groups -OCH3 is 1. The normalized spacial score (nSPS) is 11.8. The van der Waals surface area contributed by atoms with Crippen LogP contribution in [-0.4, -0.2) is 18.0 Å². The highest BCUT2D eigenvalue weighted by Gasteiger charge is 2.19. The summed E-state index contributed by atoms with van der Waals surface area (Å²) in [6, 6.07) is 16.2. The number of nitrogens with zero attached hydrogens (tertiary/aromatic N) is 1. The van der Waals surface area contributed by atoms with E-state index in [9.17, 15) is 4.79 Å². The van der Waals surface area contributed by atoms with Crippen LogP contribution in [0.5, 0.6) is 5.75 Å². The molecule has 1 atom stereocenters. The smallest absolute Gasteiger partial charge is 0.220 e. The average molecular weight is 409 g/mol. The van der Waals surface area contributed by atoms with Crippen molar-refractivity contribution in [2.45, 2.75) is 45.6 Å².